The van der Waals surface area contributed by atoms with Crippen LogP contribution in [0.15, 0.2) is 78.2 Å². The van der Waals surface area contributed by atoms with Gasteiger partial charge in [-0.1, -0.05) is 49.3 Å². The molecule has 0 spiro atoms. The molecule has 0 N–H and O–H groups in total. The van der Waals surface area contributed by atoms with Crippen molar-refractivity contribution in [3.63, 3.8) is 0 Å². The summed E-state index contributed by atoms with van der Waals surface area (Å²) in [4.78, 5) is 18.8. The van der Waals surface area contributed by atoms with Crippen LogP contribution in [0.5, 0.6) is 0 Å². The summed E-state index contributed by atoms with van der Waals surface area (Å²) < 4.78 is 2.20. The Balaban J connectivity index is 1.46. The van der Waals surface area contributed by atoms with Gasteiger partial charge >= 0.3 is 0 Å². The van der Waals surface area contributed by atoms with E-state index in [-0.39, 0.29) is 23.8 Å². The van der Waals surface area contributed by atoms with E-state index < -0.39 is 0 Å². The Morgan fingerprint density at radius 1 is 1.14 bits per heavy atom. The SMILES string of the molecule is C=C=C(c1ccc(C(=O)N2Cc3cccn3Cc3ccccc32)cc1C)C1CCCC(N=[N+]=[N-])C1C. The standard InChI is InChI=1S/C30H31N5O/c1-4-25(27-11-7-12-28(21(27)3)32-33-31)26-15-14-22(17-20(26)2)30(36)35-19-24-10-8-16-34(24)18-23-9-5-6-13-29(23)35/h5-6,8-10,13-17,21,27-28H,1,7,11-12,18-19H2,2-3H3. The zero-order valence-electron chi connectivity index (χ0n) is 20.9. The highest BCUT2D eigenvalue weighted by molar-refractivity contribution is 6.06. The van der Waals surface area contributed by atoms with E-state index in [1.165, 1.54) is 0 Å². The lowest BCUT2D eigenvalue weighted by atomic mass is 9.71. The van der Waals surface area contributed by atoms with Crippen LogP contribution >= 0.6 is 0 Å². The Hall–Kier alpha value is -3.98. The molecule has 1 aliphatic heterocycles. The van der Waals surface area contributed by atoms with Crippen LogP contribution in [-0.4, -0.2) is 16.5 Å². The Labute approximate surface area is 212 Å². The largest absolute Gasteiger partial charge is 0.345 e. The van der Waals surface area contributed by atoms with E-state index in [9.17, 15) is 4.79 Å². The lowest BCUT2D eigenvalue weighted by Crippen LogP contribution is -2.31. The maximum absolute atomic E-state index is 13.9. The lowest BCUT2D eigenvalue weighted by molar-refractivity contribution is 0.0985. The number of amides is 1. The molecule has 1 saturated carbocycles. The summed E-state index contributed by atoms with van der Waals surface area (Å²) in [5, 5.41) is 4.04. The second kappa shape index (κ2) is 9.94. The third-order valence-corrected chi connectivity index (χ3v) is 7.89. The molecule has 36 heavy (non-hydrogen) atoms. The molecule has 1 aliphatic carbocycles. The Morgan fingerprint density at radius 2 is 1.97 bits per heavy atom. The highest BCUT2D eigenvalue weighted by Gasteiger charge is 2.33. The molecule has 1 fully saturated rings. The number of allylic oxidation sites excluding steroid dienone is 1. The summed E-state index contributed by atoms with van der Waals surface area (Å²) in [5.41, 5.74) is 19.2. The zero-order chi connectivity index (χ0) is 25.2. The van der Waals surface area contributed by atoms with Crippen molar-refractivity contribution < 1.29 is 4.79 Å². The smallest absolute Gasteiger partial charge is 0.258 e. The molecule has 3 atom stereocenters. The molecule has 2 aliphatic rings. The number of fused-ring (bicyclic) bond motifs is 2. The van der Waals surface area contributed by atoms with Gasteiger partial charge in [0.25, 0.3) is 5.91 Å². The molecule has 3 unspecified atom stereocenters. The Kier molecular flexibility index (Phi) is 6.56. The van der Waals surface area contributed by atoms with Crippen LogP contribution in [0.3, 0.4) is 0 Å². The van der Waals surface area contributed by atoms with Gasteiger partial charge in [-0.2, -0.15) is 0 Å². The van der Waals surface area contributed by atoms with Gasteiger partial charge in [0.05, 0.1) is 6.54 Å². The first-order valence-corrected chi connectivity index (χ1v) is 12.6. The van der Waals surface area contributed by atoms with Crippen LogP contribution in [0.2, 0.25) is 0 Å². The maximum Gasteiger partial charge on any atom is 0.258 e. The van der Waals surface area contributed by atoms with Crippen molar-refractivity contribution in [2.45, 2.75) is 52.2 Å². The quantitative estimate of drug-likeness (QED) is 0.168. The number of hydrogen-bond donors (Lipinski definition) is 0. The lowest BCUT2D eigenvalue weighted by Gasteiger charge is -2.35. The van der Waals surface area contributed by atoms with Crippen molar-refractivity contribution in [1.29, 1.82) is 0 Å². The summed E-state index contributed by atoms with van der Waals surface area (Å²) in [6.07, 6.45) is 5.01. The predicted molar refractivity (Wildman–Crippen MR) is 144 cm³/mol. The summed E-state index contributed by atoms with van der Waals surface area (Å²) in [6.45, 7) is 9.48. The van der Waals surface area contributed by atoms with Gasteiger partial charge in [-0.3, -0.25) is 4.79 Å². The average Bonchev–Trinajstić information content (AvgIpc) is 3.26. The average molecular weight is 478 g/mol. The van der Waals surface area contributed by atoms with Gasteiger partial charge in [0.2, 0.25) is 0 Å². The maximum atomic E-state index is 13.9. The first kappa shape index (κ1) is 23.7. The highest BCUT2D eigenvalue weighted by Crippen LogP contribution is 2.41. The monoisotopic (exact) mass is 477 g/mol. The first-order chi connectivity index (χ1) is 17.5. The number of benzene rings is 2. The molecule has 2 aromatic carbocycles. The van der Waals surface area contributed by atoms with E-state index in [0.717, 1.165) is 59.5 Å². The van der Waals surface area contributed by atoms with Crippen molar-refractivity contribution in [2.75, 3.05) is 4.90 Å². The van der Waals surface area contributed by atoms with Crippen LogP contribution in [0.25, 0.3) is 16.0 Å². The molecule has 6 heteroatoms. The van der Waals surface area contributed by atoms with Crippen molar-refractivity contribution in [2.24, 2.45) is 17.0 Å². The molecular formula is C30H31N5O. The molecule has 1 amide bonds. The fraction of sp³-hybridized carbons (Fsp3) is 0.333. The summed E-state index contributed by atoms with van der Waals surface area (Å²) in [7, 11) is 0. The molecule has 6 nitrogen and oxygen atoms in total. The highest BCUT2D eigenvalue weighted by atomic mass is 16.2. The number of hydrogen-bond acceptors (Lipinski definition) is 2. The second-order valence-electron chi connectivity index (χ2n) is 9.94. The number of aromatic nitrogens is 1. The van der Waals surface area contributed by atoms with Crippen molar-refractivity contribution >= 4 is 17.2 Å². The third kappa shape index (κ3) is 4.26. The number of aryl methyl sites for hydroxylation is 1. The molecule has 0 bridgehead atoms. The van der Waals surface area contributed by atoms with Gasteiger partial charge in [-0.25, -0.2) is 0 Å². The fourth-order valence-electron chi connectivity index (χ4n) is 5.93. The van der Waals surface area contributed by atoms with Gasteiger partial charge in [-0.05, 0) is 84.2 Å². The Morgan fingerprint density at radius 3 is 2.75 bits per heavy atom. The first-order valence-electron chi connectivity index (χ1n) is 12.6. The molecule has 5 rings (SSSR count). The van der Waals surface area contributed by atoms with Crippen molar-refractivity contribution in [3.05, 3.63) is 111 Å². The minimum absolute atomic E-state index is 0.00895. The number of azide groups is 1. The normalized spacial score (nSPS) is 20.8. The fourth-order valence-corrected chi connectivity index (χ4v) is 5.93. The van der Waals surface area contributed by atoms with E-state index in [1.54, 1.807) is 0 Å². The molecule has 1 aromatic heterocycles. The van der Waals surface area contributed by atoms with E-state index in [4.69, 9.17) is 5.53 Å². The minimum atomic E-state index is -0.0136. The van der Waals surface area contributed by atoms with Crippen LogP contribution in [-0.2, 0) is 13.1 Å². The Bertz CT molecular complexity index is 1410. The van der Waals surface area contributed by atoms with E-state index in [1.807, 2.05) is 54.3 Å². The van der Waals surface area contributed by atoms with Gasteiger partial charge in [-0.15, -0.1) is 5.73 Å². The van der Waals surface area contributed by atoms with Crippen LogP contribution < -0.4 is 4.90 Å². The number of nitrogens with zero attached hydrogens (tertiary/aromatic N) is 5. The molecular weight excluding hydrogens is 446 g/mol. The van der Waals surface area contributed by atoms with Gasteiger partial charge in [0.1, 0.15) is 0 Å². The topological polar surface area (TPSA) is 74.0 Å². The van der Waals surface area contributed by atoms with Gasteiger partial charge in [0, 0.05) is 46.2 Å². The van der Waals surface area contributed by atoms with E-state index in [0.29, 0.717) is 12.1 Å². The molecule has 3 aromatic rings. The molecule has 182 valence electrons. The molecule has 0 saturated heterocycles. The van der Waals surface area contributed by atoms with Crippen molar-refractivity contribution in [1.82, 2.24) is 4.57 Å². The summed E-state index contributed by atoms with van der Waals surface area (Å²) >= 11 is 0. The molecule has 2 heterocycles. The van der Waals surface area contributed by atoms with Crippen LogP contribution in [0, 0.1) is 18.8 Å². The number of rotatable bonds is 4. The van der Waals surface area contributed by atoms with E-state index >= 15 is 0 Å². The zero-order valence-corrected chi connectivity index (χ0v) is 20.9. The van der Waals surface area contributed by atoms with Crippen LogP contribution in [0.4, 0.5) is 5.69 Å². The van der Waals surface area contributed by atoms with E-state index in [2.05, 4.69) is 52.2 Å². The summed E-state index contributed by atoms with van der Waals surface area (Å²) in [5.74, 6) is 0.423. The van der Waals surface area contributed by atoms with Gasteiger partial charge < -0.3 is 9.47 Å². The van der Waals surface area contributed by atoms with Crippen LogP contribution in [0.1, 0.15) is 58.9 Å². The molecule has 0 radical (unpaired) electrons. The minimum Gasteiger partial charge on any atom is -0.345 e. The van der Waals surface area contributed by atoms with Crippen molar-refractivity contribution in [3.8, 4) is 0 Å². The predicted octanol–water partition coefficient (Wildman–Crippen LogP) is 7.29. The third-order valence-electron chi connectivity index (χ3n) is 7.89. The number of carbonyl (C=O) groups excluding carboxylic acids is 1. The second-order valence-corrected chi connectivity index (χ2v) is 9.94. The number of para-hydroxylation sites is 1. The number of carbonyl (C=O) groups is 1. The van der Waals surface area contributed by atoms with Gasteiger partial charge in [0.15, 0.2) is 0 Å². The number of anilines is 1. The summed E-state index contributed by atoms with van der Waals surface area (Å²) in [6, 6.07) is 18.2.